The number of ether oxygens (including phenoxy) is 3. The van der Waals surface area contributed by atoms with Crippen LogP contribution >= 0.6 is 7.75 Å². The molecule has 0 aliphatic carbocycles. The van der Waals surface area contributed by atoms with Crippen molar-refractivity contribution in [2.45, 2.75) is 57.3 Å². The molecule has 6 atom stereocenters. The van der Waals surface area contributed by atoms with Gasteiger partial charge in [0.2, 0.25) is 11.8 Å². The number of hydrogen-bond acceptors (Lipinski definition) is 12. The summed E-state index contributed by atoms with van der Waals surface area (Å²) in [5, 5.41) is 13.4. The predicted molar refractivity (Wildman–Crippen MR) is 140 cm³/mol. The SMILES string of the molecule is CCCOC(=O)[C@H](C)NP(=O)(OC[C@H]1O[C@@H](n2cnc3c(OC)nc(N)nc32)[C@](C)(F)[C@@H]1O)Oc1ccccc1. The summed E-state index contributed by atoms with van der Waals surface area (Å²) in [7, 11) is -2.91. The fourth-order valence-electron chi connectivity index (χ4n) is 4.07. The molecule has 1 unspecified atom stereocenters. The van der Waals surface area contributed by atoms with Crippen molar-refractivity contribution >= 4 is 30.8 Å². The smallest absolute Gasteiger partial charge is 0.459 e. The van der Waals surface area contributed by atoms with Crippen LogP contribution in [0.25, 0.3) is 11.2 Å². The van der Waals surface area contributed by atoms with Gasteiger partial charge in [-0.3, -0.25) is 13.9 Å². The highest BCUT2D eigenvalue weighted by molar-refractivity contribution is 7.52. The Labute approximate surface area is 229 Å². The lowest BCUT2D eigenvalue weighted by molar-refractivity contribution is -0.145. The lowest BCUT2D eigenvalue weighted by Gasteiger charge is -2.25. The Bertz CT molecular complexity index is 1380. The van der Waals surface area contributed by atoms with E-state index in [9.17, 15) is 14.5 Å². The lowest BCUT2D eigenvalue weighted by atomic mass is 9.98. The number of fused-ring (bicyclic) bond motifs is 1. The zero-order valence-corrected chi connectivity index (χ0v) is 23.3. The maximum absolute atomic E-state index is 15.9. The van der Waals surface area contributed by atoms with E-state index in [-0.39, 0.29) is 35.3 Å². The number of nitrogen functional groups attached to an aromatic ring is 1. The highest BCUT2D eigenvalue weighted by Crippen LogP contribution is 2.48. The second kappa shape index (κ2) is 12.0. The first-order valence-corrected chi connectivity index (χ1v) is 14.0. The first kappa shape index (κ1) is 29.6. The largest absolute Gasteiger partial charge is 0.479 e. The molecule has 3 aromatic rings. The van der Waals surface area contributed by atoms with Gasteiger partial charge < -0.3 is 29.6 Å². The lowest BCUT2D eigenvalue weighted by Crippen LogP contribution is -2.41. The van der Waals surface area contributed by atoms with Crippen molar-refractivity contribution in [3.8, 4) is 11.6 Å². The number of imidazole rings is 1. The summed E-state index contributed by atoms with van der Waals surface area (Å²) in [6.45, 7) is 4.02. The molecule has 2 aromatic heterocycles. The highest BCUT2D eigenvalue weighted by atomic mass is 31.2. The number of esters is 1. The van der Waals surface area contributed by atoms with Gasteiger partial charge in [0.25, 0.3) is 0 Å². The summed E-state index contributed by atoms with van der Waals surface area (Å²) in [5.74, 6) is -0.539. The third-order valence-corrected chi connectivity index (χ3v) is 7.74. The minimum atomic E-state index is -4.28. The number of nitrogens with two attached hydrogens (primary N) is 1. The third-order valence-electron chi connectivity index (χ3n) is 6.10. The van der Waals surface area contributed by atoms with Crippen molar-refractivity contribution in [1.29, 1.82) is 0 Å². The van der Waals surface area contributed by atoms with Crippen molar-refractivity contribution in [2.75, 3.05) is 26.1 Å². The second-order valence-electron chi connectivity index (χ2n) is 9.25. The minimum Gasteiger partial charge on any atom is -0.479 e. The Balaban J connectivity index is 1.55. The Morgan fingerprint density at radius 2 is 2.08 bits per heavy atom. The molecule has 0 bridgehead atoms. The predicted octanol–water partition coefficient (Wildman–Crippen LogP) is 2.54. The van der Waals surface area contributed by atoms with Crippen LogP contribution in [0.5, 0.6) is 11.6 Å². The Morgan fingerprint density at radius 1 is 1.35 bits per heavy atom. The number of anilines is 1. The molecule has 1 aliphatic rings. The summed E-state index contributed by atoms with van der Waals surface area (Å²) >= 11 is 0. The number of carbonyl (C=O) groups is 1. The Kier molecular flexibility index (Phi) is 8.90. The van der Waals surface area contributed by atoms with Gasteiger partial charge in [0.15, 0.2) is 23.1 Å². The molecule has 14 nitrogen and oxygen atoms in total. The summed E-state index contributed by atoms with van der Waals surface area (Å²) in [6.07, 6.45) is -2.60. The molecular weight excluding hydrogens is 550 g/mol. The van der Waals surface area contributed by atoms with E-state index in [1.807, 2.05) is 6.92 Å². The fourth-order valence-corrected chi connectivity index (χ4v) is 5.57. The number of hydrogen-bond donors (Lipinski definition) is 3. The van der Waals surface area contributed by atoms with E-state index < -0.39 is 50.5 Å². The standard InChI is InChI=1S/C24H32FN6O8P/c1-5-11-36-21(33)14(2)30-40(34,39-15-9-7-6-8-10-15)37-12-16-18(32)24(3,25)22(38-16)31-13-27-17-19(31)28-23(26)29-20(17)35-4/h6-10,13-14,16,18,22,32H,5,11-12H2,1-4H3,(H,30,34)(H2,26,28,29)/t14-,16+,18+,22+,24+,40?/m0/s1. The van der Waals surface area contributed by atoms with Crippen LogP contribution in [-0.2, 0) is 23.4 Å². The molecule has 16 heteroatoms. The molecule has 0 spiro atoms. The molecule has 218 valence electrons. The van der Waals surface area contributed by atoms with E-state index >= 15 is 4.39 Å². The van der Waals surface area contributed by atoms with Gasteiger partial charge in [0.1, 0.15) is 24.0 Å². The van der Waals surface area contributed by atoms with Crippen molar-refractivity contribution in [3.63, 3.8) is 0 Å². The van der Waals surface area contributed by atoms with Crippen LogP contribution in [0.3, 0.4) is 0 Å². The second-order valence-corrected chi connectivity index (χ2v) is 10.9. The van der Waals surface area contributed by atoms with Crippen LogP contribution < -0.4 is 20.1 Å². The number of methoxy groups -OCH3 is 1. The van der Waals surface area contributed by atoms with Crippen LogP contribution in [0.4, 0.5) is 10.3 Å². The van der Waals surface area contributed by atoms with Gasteiger partial charge in [0.05, 0.1) is 26.7 Å². The van der Waals surface area contributed by atoms with Gasteiger partial charge in [-0.25, -0.2) is 13.9 Å². The van der Waals surface area contributed by atoms with Crippen molar-refractivity contribution in [1.82, 2.24) is 24.6 Å². The average molecular weight is 583 g/mol. The first-order valence-electron chi connectivity index (χ1n) is 12.5. The molecule has 1 fully saturated rings. The van der Waals surface area contributed by atoms with Gasteiger partial charge in [0, 0.05) is 0 Å². The van der Waals surface area contributed by atoms with Gasteiger partial charge >= 0.3 is 13.7 Å². The van der Waals surface area contributed by atoms with E-state index in [1.165, 1.54) is 24.9 Å². The van der Waals surface area contributed by atoms with Crippen LogP contribution in [0.1, 0.15) is 33.4 Å². The number of aromatic nitrogens is 4. The summed E-state index contributed by atoms with van der Waals surface area (Å²) in [4.78, 5) is 24.6. The monoisotopic (exact) mass is 582 g/mol. The van der Waals surface area contributed by atoms with Gasteiger partial charge in [-0.2, -0.15) is 15.1 Å². The first-order chi connectivity index (χ1) is 19.0. The number of aliphatic hydroxyl groups excluding tert-OH is 1. The number of aliphatic hydroxyl groups is 1. The molecule has 40 heavy (non-hydrogen) atoms. The average Bonchev–Trinajstić information content (AvgIpc) is 3.43. The van der Waals surface area contributed by atoms with Gasteiger partial charge in [-0.1, -0.05) is 25.1 Å². The molecule has 0 saturated carbocycles. The molecule has 4 rings (SSSR count). The molecule has 1 aromatic carbocycles. The normalized spacial score (nSPS) is 24.9. The number of rotatable bonds is 12. The highest BCUT2D eigenvalue weighted by Gasteiger charge is 2.56. The maximum Gasteiger partial charge on any atom is 0.459 e. The van der Waals surface area contributed by atoms with Crippen molar-refractivity contribution in [3.05, 3.63) is 36.7 Å². The van der Waals surface area contributed by atoms with E-state index in [4.69, 9.17) is 29.0 Å². The quantitative estimate of drug-likeness (QED) is 0.209. The summed E-state index contributed by atoms with van der Waals surface area (Å²) in [6, 6.07) is 7.05. The number of benzene rings is 1. The topological polar surface area (TPSA) is 182 Å². The van der Waals surface area contributed by atoms with E-state index in [0.29, 0.717) is 6.42 Å². The van der Waals surface area contributed by atoms with Crippen LogP contribution in [-0.4, -0.2) is 74.8 Å². The number of halogens is 1. The molecule has 3 heterocycles. The Hall–Kier alpha value is -3.36. The van der Waals surface area contributed by atoms with Crippen LogP contribution in [0.2, 0.25) is 0 Å². The molecule has 0 amide bonds. The Morgan fingerprint density at radius 3 is 2.75 bits per heavy atom. The summed E-state index contributed by atoms with van der Waals surface area (Å²) in [5.41, 5.74) is 3.72. The zero-order valence-electron chi connectivity index (χ0n) is 22.4. The number of para-hydroxylation sites is 1. The number of carbonyl (C=O) groups excluding carboxylic acids is 1. The minimum absolute atomic E-state index is 0.0805. The fraction of sp³-hybridized carbons (Fsp3) is 0.500. The van der Waals surface area contributed by atoms with E-state index in [1.54, 1.807) is 30.3 Å². The van der Waals surface area contributed by atoms with Crippen molar-refractivity contribution < 1.29 is 42.1 Å². The number of alkyl halides is 1. The maximum atomic E-state index is 15.9. The van der Waals surface area contributed by atoms with Crippen molar-refractivity contribution in [2.24, 2.45) is 0 Å². The van der Waals surface area contributed by atoms with Crippen LogP contribution in [0, 0.1) is 0 Å². The molecular formula is C24H32FN6O8P. The third kappa shape index (κ3) is 6.18. The van der Waals surface area contributed by atoms with Gasteiger partial charge in [-0.05, 0) is 32.4 Å². The van der Waals surface area contributed by atoms with E-state index in [2.05, 4.69) is 20.0 Å². The van der Waals surface area contributed by atoms with E-state index in [0.717, 1.165) is 6.92 Å². The van der Waals surface area contributed by atoms with Crippen LogP contribution in [0.15, 0.2) is 36.7 Å². The molecule has 0 radical (unpaired) electrons. The summed E-state index contributed by atoms with van der Waals surface area (Å²) < 4.78 is 58.2. The zero-order chi connectivity index (χ0) is 29.1. The number of nitrogens with zero attached hydrogens (tertiary/aromatic N) is 4. The molecule has 4 N–H and O–H groups in total. The van der Waals surface area contributed by atoms with Gasteiger partial charge in [-0.15, -0.1) is 0 Å². The number of nitrogens with one attached hydrogen (secondary N) is 1. The molecule has 1 aliphatic heterocycles. The molecule has 1 saturated heterocycles.